The number of likely N-dealkylation sites (tertiary alicyclic amines) is 1. The maximum absolute atomic E-state index is 12.5. The van der Waals surface area contributed by atoms with Crippen molar-refractivity contribution >= 4 is 34.2 Å². The summed E-state index contributed by atoms with van der Waals surface area (Å²) in [6.45, 7) is 8.11. The quantitative estimate of drug-likeness (QED) is 0.668. The molecule has 1 amide bonds. The Hall–Kier alpha value is -2.01. The van der Waals surface area contributed by atoms with Crippen molar-refractivity contribution in [1.29, 1.82) is 0 Å². The number of benzene rings is 1. The summed E-state index contributed by atoms with van der Waals surface area (Å²) in [5.41, 5.74) is 1.99. The maximum atomic E-state index is 12.5. The van der Waals surface area contributed by atoms with E-state index < -0.39 is 5.60 Å². The zero-order valence-electron chi connectivity index (χ0n) is 16.2. The van der Waals surface area contributed by atoms with Crippen molar-refractivity contribution in [2.24, 2.45) is 0 Å². The molecular weight excluding hydrogens is 362 g/mol. The fourth-order valence-electron chi connectivity index (χ4n) is 4.19. The van der Waals surface area contributed by atoms with Gasteiger partial charge >= 0.3 is 6.09 Å². The first-order valence-electron chi connectivity index (χ1n) is 9.64. The SMILES string of the molecule is CC(C)(C)OC(=O)N1CCCC(N2CCc3cnc(Cl)c4cccc2c34)C1. The van der Waals surface area contributed by atoms with Gasteiger partial charge in [0.05, 0.1) is 0 Å². The molecule has 5 nitrogen and oxygen atoms in total. The van der Waals surface area contributed by atoms with Gasteiger partial charge in [0.15, 0.2) is 0 Å². The molecule has 2 aliphatic heterocycles. The van der Waals surface area contributed by atoms with Crippen LogP contribution in [-0.4, -0.2) is 47.3 Å². The van der Waals surface area contributed by atoms with Gasteiger partial charge in [-0.25, -0.2) is 9.78 Å². The Labute approximate surface area is 165 Å². The van der Waals surface area contributed by atoms with Crippen LogP contribution in [0.1, 0.15) is 39.2 Å². The van der Waals surface area contributed by atoms with E-state index in [4.69, 9.17) is 16.3 Å². The number of nitrogens with zero attached hydrogens (tertiary/aromatic N) is 3. The molecule has 0 radical (unpaired) electrons. The lowest BCUT2D eigenvalue weighted by Crippen LogP contribution is -2.52. The van der Waals surface area contributed by atoms with Crippen LogP contribution in [0.25, 0.3) is 10.8 Å². The van der Waals surface area contributed by atoms with Crippen molar-refractivity contribution < 1.29 is 9.53 Å². The van der Waals surface area contributed by atoms with Crippen molar-refractivity contribution in [3.05, 3.63) is 35.1 Å². The topological polar surface area (TPSA) is 45.7 Å². The lowest BCUT2D eigenvalue weighted by Gasteiger charge is -2.43. The van der Waals surface area contributed by atoms with Gasteiger partial charge in [0.2, 0.25) is 0 Å². The van der Waals surface area contributed by atoms with Crippen LogP contribution in [0.3, 0.4) is 0 Å². The molecule has 0 aliphatic carbocycles. The Morgan fingerprint density at radius 3 is 2.89 bits per heavy atom. The Morgan fingerprint density at radius 1 is 1.30 bits per heavy atom. The van der Waals surface area contributed by atoms with Gasteiger partial charge in [0.25, 0.3) is 0 Å². The van der Waals surface area contributed by atoms with Crippen molar-refractivity contribution in [2.45, 2.75) is 51.7 Å². The number of rotatable bonds is 1. The molecule has 27 heavy (non-hydrogen) atoms. The number of piperidine rings is 1. The molecule has 6 heteroatoms. The minimum absolute atomic E-state index is 0.213. The second-order valence-corrected chi connectivity index (χ2v) is 8.80. The molecule has 1 aromatic carbocycles. The van der Waals surface area contributed by atoms with E-state index in [1.54, 1.807) is 0 Å². The fourth-order valence-corrected chi connectivity index (χ4v) is 4.40. The number of aromatic nitrogens is 1. The van der Waals surface area contributed by atoms with E-state index in [1.807, 2.05) is 44.0 Å². The predicted molar refractivity (Wildman–Crippen MR) is 109 cm³/mol. The van der Waals surface area contributed by atoms with Gasteiger partial charge in [0.1, 0.15) is 10.8 Å². The molecule has 1 unspecified atom stereocenters. The Kier molecular flexibility index (Phi) is 4.66. The first kappa shape index (κ1) is 18.4. The maximum Gasteiger partial charge on any atom is 0.410 e. The minimum atomic E-state index is -0.469. The van der Waals surface area contributed by atoms with Crippen LogP contribution < -0.4 is 4.90 Å². The molecule has 1 saturated heterocycles. The van der Waals surface area contributed by atoms with Crippen LogP contribution in [0.4, 0.5) is 10.5 Å². The van der Waals surface area contributed by atoms with E-state index in [0.29, 0.717) is 11.7 Å². The van der Waals surface area contributed by atoms with Gasteiger partial charge in [0, 0.05) is 48.3 Å². The third-order valence-electron chi connectivity index (χ3n) is 5.34. The fraction of sp³-hybridized carbons (Fsp3) is 0.524. The summed E-state index contributed by atoms with van der Waals surface area (Å²) in [4.78, 5) is 21.2. The summed E-state index contributed by atoms with van der Waals surface area (Å²) in [5.74, 6) is 0. The molecule has 1 atom stereocenters. The summed E-state index contributed by atoms with van der Waals surface area (Å²) < 4.78 is 5.59. The van der Waals surface area contributed by atoms with E-state index in [2.05, 4.69) is 16.0 Å². The lowest BCUT2D eigenvalue weighted by molar-refractivity contribution is 0.0198. The van der Waals surface area contributed by atoms with Gasteiger partial charge in [-0.1, -0.05) is 23.7 Å². The number of pyridine rings is 1. The zero-order valence-corrected chi connectivity index (χ0v) is 16.9. The monoisotopic (exact) mass is 387 g/mol. The summed E-state index contributed by atoms with van der Waals surface area (Å²) in [6.07, 6.45) is 4.69. The highest BCUT2D eigenvalue weighted by atomic mass is 35.5. The highest BCUT2D eigenvalue weighted by molar-refractivity contribution is 6.34. The average molecular weight is 388 g/mol. The minimum Gasteiger partial charge on any atom is -0.444 e. The van der Waals surface area contributed by atoms with Crippen LogP contribution >= 0.6 is 11.6 Å². The molecule has 0 bridgehead atoms. The number of carbonyl (C=O) groups excluding carboxylic acids is 1. The average Bonchev–Trinajstić information content (AvgIpc) is 2.63. The van der Waals surface area contributed by atoms with Gasteiger partial charge in [-0.3, -0.25) is 0 Å². The third-order valence-corrected chi connectivity index (χ3v) is 5.64. The van der Waals surface area contributed by atoms with Crippen LogP contribution in [0.5, 0.6) is 0 Å². The normalized spacial score (nSPS) is 20.1. The predicted octanol–water partition coefficient (Wildman–Crippen LogP) is 4.65. The number of ether oxygens (including phenoxy) is 1. The highest BCUT2D eigenvalue weighted by Gasteiger charge is 2.32. The second kappa shape index (κ2) is 6.86. The van der Waals surface area contributed by atoms with Gasteiger partial charge in [-0.2, -0.15) is 0 Å². The Balaban J connectivity index is 1.61. The van der Waals surface area contributed by atoms with Crippen LogP contribution in [0, 0.1) is 0 Å². The number of hydrogen-bond donors (Lipinski definition) is 0. The van der Waals surface area contributed by atoms with Crippen molar-refractivity contribution in [3.8, 4) is 0 Å². The van der Waals surface area contributed by atoms with E-state index in [1.165, 1.54) is 16.6 Å². The Morgan fingerprint density at radius 2 is 2.11 bits per heavy atom. The first-order valence-corrected chi connectivity index (χ1v) is 10.0. The zero-order chi connectivity index (χ0) is 19.2. The summed E-state index contributed by atoms with van der Waals surface area (Å²) >= 11 is 6.34. The van der Waals surface area contributed by atoms with E-state index in [0.717, 1.165) is 37.7 Å². The summed E-state index contributed by atoms with van der Waals surface area (Å²) in [5, 5.41) is 2.77. The lowest BCUT2D eigenvalue weighted by atomic mass is 9.95. The molecule has 0 N–H and O–H groups in total. The number of hydrogen-bond acceptors (Lipinski definition) is 4. The van der Waals surface area contributed by atoms with E-state index in [-0.39, 0.29) is 12.1 Å². The standard InChI is InChI=1S/C21H26ClN3O2/c1-21(2,3)27-20(26)24-10-5-6-15(13-24)25-11-9-14-12-23-19(22)16-7-4-8-17(25)18(14)16/h4,7-8,12,15H,5-6,9-11,13H2,1-3H3. The largest absolute Gasteiger partial charge is 0.444 e. The van der Waals surface area contributed by atoms with Crippen molar-refractivity contribution in [3.63, 3.8) is 0 Å². The number of amides is 1. The van der Waals surface area contributed by atoms with Crippen molar-refractivity contribution in [1.82, 2.24) is 9.88 Å². The van der Waals surface area contributed by atoms with Gasteiger partial charge in [-0.15, -0.1) is 0 Å². The molecule has 144 valence electrons. The first-order chi connectivity index (χ1) is 12.8. The molecule has 2 aromatic rings. The number of anilines is 1. The van der Waals surface area contributed by atoms with Crippen LogP contribution in [-0.2, 0) is 11.2 Å². The molecule has 1 aromatic heterocycles. The molecule has 1 fully saturated rings. The van der Waals surface area contributed by atoms with Crippen LogP contribution in [0.15, 0.2) is 24.4 Å². The number of halogens is 1. The van der Waals surface area contributed by atoms with Gasteiger partial charge < -0.3 is 14.5 Å². The van der Waals surface area contributed by atoms with Crippen LogP contribution in [0.2, 0.25) is 5.15 Å². The second-order valence-electron chi connectivity index (χ2n) is 8.44. The molecule has 3 heterocycles. The molecule has 0 saturated carbocycles. The molecule has 4 rings (SSSR count). The van der Waals surface area contributed by atoms with Gasteiger partial charge in [-0.05, 0) is 51.7 Å². The molecule has 0 spiro atoms. The molecular formula is C21H26ClN3O2. The highest BCUT2D eigenvalue weighted by Crippen LogP contribution is 2.38. The Bertz CT molecular complexity index is 878. The van der Waals surface area contributed by atoms with E-state index >= 15 is 0 Å². The third kappa shape index (κ3) is 3.57. The van der Waals surface area contributed by atoms with Crippen molar-refractivity contribution in [2.75, 3.05) is 24.5 Å². The van der Waals surface area contributed by atoms with E-state index in [9.17, 15) is 4.79 Å². The summed E-state index contributed by atoms with van der Waals surface area (Å²) in [7, 11) is 0. The number of carbonyl (C=O) groups is 1. The smallest absolute Gasteiger partial charge is 0.410 e. The summed E-state index contributed by atoms with van der Waals surface area (Å²) in [6, 6.07) is 6.53. The molecule has 2 aliphatic rings.